The predicted molar refractivity (Wildman–Crippen MR) is 72.9 cm³/mol. The number of hydrogen-bond donors (Lipinski definition) is 1. The van der Waals surface area contributed by atoms with Gasteiger partial charge in [0.15, 0.2) is 0 Å². The number of amides is 1. The third-order valence-corrected chi connectivity index (χ3v) is 3.30. The summed E-state index contributed by atoms with van der Waals surface area (Å²) in [6, 6.07) is 1.83. The molecule has 0 radical (unpaired) electrons. The van der Waals surface area contributed by atoms with E-state index in [9.17, 15) is 9.59 Å². The number of carboxylic acid groups (broad SMARTS) is 1. The zero-order chi connectivity index (χ0) is 14.5. The predicted octanol–water partition coefficient (Wildman–Crippen LogP) is -0.338. The van der Waals surface area contributed by atoms with Crippen molar-refractivity contribution >= 4 is 18.0 Å². The number of hydrogen-bond acceptors (Lipinski definition) is 4. The van der Waals surface area contributed by atoms with Crippen LogP contribution < -0.4 is 0 Å². The van der Waals surface area contributed by atoms with E-state index in [4.69, 9.17) is 5.11 Å². The highest BCUT2D eigenvalue weighted by atomic mass is 16.4. The average molecular weight is 278 g/mol. The van der Waals surface area contributed by atoms with Gasteiger partial charge in [0.1, 0.15) is 0 Å². The standard InChI is InChI=1S/C13H18N4O3/c1-15-11(4-5-14-15)2-3-12(18)17-8-6-16(7-9-17)10-13(19)20/h2-5H,6-10H2,1H3,(H,19,20)/b3-2+. The Labute approximate surface area is 117 Å². The van der Waals surface area contributed by atoms with Gasteiger partial charge in [-0.1, -0.05) is 0 Å². The van der Waals surface area contributed by atoms with E-state index in [0.717, 1.165) is 5.69 Å². The van der Waals surface area contributed by atoms with Gasteiger partial charge in [-0.25, -0.2) is 0 Å². The molecule has 0 saturated carbocycles. The lowest BCUT2D eigenvalue weighted by atomic mass is 10.3. The number of nitrogens with zero attached hydrogens (tertiary/aromatic N) is 4. The first-order valence-corrected chi connectivity index (χ1v) is 6.45. The van der Waals surface area contributed by atoms with Gasteiger partial charge in [0, 0.05) is 45.5 Å². The highest BCUT2D eigenvalue weighted by molar-refractivity contribution is 5.91. The van der Waals surface area contributed by atoms with Crippen LogP contribution in [0.1, 0.15) is 5.69 Å². The Morgan fingerprint density at radius 1 is 1.35 bits per heavy atom. The zero-order valence-corrected chi connectivity index (χ0v) is 11.4. The van der Waals surface area contributed by atoms with E-state index in [1.807, 2.05) is 18.0 Å². The number of aromatic nitrogens is 2. The largest absolute Gasteiger partial charge is 0.480 e. The van der Waals surface area contributed by atoms with Gasteiger partial charge in [-0.3, -0.25) is 19.2 Å². The van der Waals surface area contributed by atoms with E-state index in [-0.39, 0.29) is 12.5 Å². The molecule has 0 aromatic carbocycles. The Bertz CT molecular complexity index is 515. The van der Waals surface area contributed by atoms with E-state index >= 15 is 0 Å². The van der Waals surface area contributed by atoms with Crippen molar-refractivity contribution in [1.82, 2.24) is 19.6 Å². The summed E-state index contributed by atoms with van der Waals surface area (Å²) in [7, 11) is 1.81. The van der Waals surface area contributed by atoms with E-state index in [1.54, 1.807) is 21.9 Å². The molecule has 0 spiro atoms. The van der Waals surface area contributed by atoms with Crippen molar-refractivity contribution in [3.63, 3.8) is 0 Å². The van der Waals surface area contributed by atoms with Gasteiger partial charge in [0.25, 0.3) is 0 Å². The second-order valence-electron chi connectivity index (χ2n) is 4.71. The molecule has 1 saturated heterocycles. The van der Waals surface area contributed by atoms with Crippen molar-refractivity contribution in [1.29, 1.82) is 0 Å². The Hall–Kier alpha value is -2.15. The minimum atomic E-state index is -0.833. The summed E-state index contributed by atoms with van der Waals surface area (Å²) in [6.07, 6.45) is 4.94. The molecule has 1 amide bonds. The lowest BCUT2D eigenvalue weighted by molar-refractivity contribution is -0.139. The molecule has 7 nitrogen and oxygen atoms in total. The van der Waals surface area contributed by atoms with Gasteiger partial charge in [-0.2, -0.15) is 5.10 Å². The second kappa shape index (κ2) is 6.33. The summed E-state index contributed by atoms with van der Waals surface area (Å²) < 4.78 is 1.69. The van der Waals surface area contributed by atoms with Crippen LogP contribution in [-0.4, -0.2) is 69.3 Å². The first kappa shape index (κ1) is 14.3. The van der Waals surface area contributed by atoms with Crippen LogP contribution in [0.25, 0.3) is 6.08 Å². The summed E-state index contributed by atoms with van der Waals surface area (Å²) >= 11 is 0. The zero-order valence-electron chi connectivity index (χ0n) is 11.4. The molecule has 7 heteroatoms. The van der Waals surface area contributed by atoms with Crippen molar-refractivity contribution in [3.8, 4) is 0 Å². The average Bonchev–Trinajstić information content (AvgIpc) is 2.82. The maximum Gasteiger partial charge on any atom is 0.317 e. The van der Waals surface area contributed by atoms with Gasteiger partial charge in [-0.05, 0) is 12.1 Å². The Kier molecular flexibility index (Phi) is 4.52. The van der Waals surface area contributed by atoms with Crippen LogP contribution in [-0.2, 0) is 16.6 Å². The van der Waals surface area contributed by atoms with E-state index in [1.165, 1.54) is 6.08 Å². The van der Waals surface area contributed by atoms with Gasteiger partial charge in [0.05, 0.1) is 12.2 Å². The molecule has 1 aliphatic rings. The summed E-state index contributed by atoms with van der Waals surface area (Å²) in [5.74, 6) is -0.887. The summed E-state index contributed by atoms with van der Waals surface area (Å²) in [6.45, 7) is 2.34. The van der Waals surface area contributed by atoms with Crippen LogP contribution in [0.15, 0.2) is 18.3 Å². The molecule has 1 N–H and O–H groups in total. The first-order chi connectivity index (χ1) is 9.56. The third-order valence-electron chi connectivity index (χ3n) is 3.30. The van der Waals surface area contributed by atoms with Crippen LogP contribution in [0, 0.1) is 0 Å². The number of piperazine rings is 1. The number of aliphatic carboxylic acids is 1. The molecule has 0 atom stereocenters. The minimum Gasteiger partial charge on any atom is -0.480 e. The van der Waals surface area contributed by atoms with Gasteiger partial charge < -0.3 is 10.0 Å². The van der Waals surface area contributed by atoms with Crippen molar-refractivity contribution < 1.29 is 14.7 Å². The summed E-state index contributed by atoms with van der Waals surface area (Å²) in [4.78, 5) is 26.2. The van der Waals surface area contributed by atoms with Crippen LogP contribution in [0.3, 0.4) is 0 Å². The Morgan fingerprint density at radius 3 is 2.60 bits per heavy atom. The molecular formula is C13H18N4O3. The second-order valence-corrected chi connectivity index (χ2v) is 4.71. The molecule has 1 aromatic rings. The van der Waals surface area contributed by atoms with Gasteiger partial charge >= 0.3 is 5.97 Å². The van der Waals surface area contributed by atoms with Crippen LogP contribution in [0.4, 0.5) is 0 Å². The lowest BCUT2D eigenvalue weighted by Crippen LogP contribution is -2.49. The number of aryl methyl sites for hydroxylation is 1. The number of rotatable bonds is 4. The highest BCUT2D eigenvalue weighted by Gasteiger charge is 2.20. The normalized spacial score (nSPS) is 16.8. The molecule has 0 unspecified atom stereocenters. The molecule has 2 rings (SSSR count). The maximum absolute atomic E-state index is 12.0. The third kappa shape index (κ3) is 3.67. The molecule has 1 fully saturated rings. The van der Waals surface area contributed by atoms with Gasteiger partial charge in [-0.15, -0.1) is 0 Å². The van der Waals surface area contributed by atoms with Crippen LogP contribution in [0.2, 0.25) is 0 Å². The molecule has 1 aromatic heterocycles. The summed E-state index contributed by atoms with van der Waals surface area (Å²) in [5, 5.41) is 12.7. The smallest absolute Gasteiger partial charge is 0.317 e. The fourth-order valence-electron chi connectivity index (χ4n) is 2.13. The molecule has 108 valence electrons. The van der Waals surface area contributed by atoms with Crippen molar-refractivity contribution in [2.24, 2.45) is 7.05 Å². The van der Waals surface area contributed by atoms with Crippen LogP contribution in [0.5, 0.6) is 0 Å². The first-order valence-electron chi connectivity index (χ1n) is 6.45. The van der Waals surface area contributed by atoms with E-state index < -0.39 is 5.97 Å². The van der Waals surface area contributed by atoms with Crippen molar-refractivity contribution in [3.05, 3.63) is 24.0 Å². The number of carboxylic acids is 1. The van der Waals surface area contributed by atoms with Crippen LogP contribution >= 0.6 is 0 Å². The molecule has 0 bridgehead atoms. The van der Waals surface area contributed by atoms with E-state index in [2.05, 4.69) is 5.10 Å². The van der Waals surface area contributed by atoms with Crippen molar-refractivity contribution in [2.75, 3.05) is 32.7 Å². The summed E-state index contributed by atoms with van der Waals surface area (Å²) in [5.41, 5.74) is 0.864. The fourth-order valence-corrected chi connectivity index (χ4v) is 2.13. The SMILES string of the molecule is Cn1nccc1/C=C/C(=O)N1CCN(CC(=O)O)CC1. The molecule has 0 aliphatic carbocycles. The molecule has 2 heterocycles. The number of carbonyl (C=O) groups excluding carboxylic acids is 1. The maximum atomic E-state index is 12.0. The molecular weight excluding hydrogens is 260 g/mol. The van der Waals surface area contributed by atoms with E-state index in [0.29, 0.717) is 26.2 Å². The molecule has 20 heavy (non-hydrogen) atoms. The number of carbonyl (C=O) groups is 2. The Balaban J connectivity index is 1.84. The quantitative estimate of drug-likeness (QED) is 0.762. The molecule has 1 aliphatic heterocycles. The van der Waals surface area contributed by atoms with Crippen molar-refractivity contribution in [2.45, 2.75) is 0 Å². The topological polar surface area (TPSA) is 78.7 Å². The minimum absolute atomic E-state index is 0.0346. The Morgan fingerprint density at radius 2 is 2.05 bits per heavy atom. The lowest BCUT2D eigenvalue weighted by Gasteiger charge is -2.33. The fraction of sp³-hybridized carbons (Fsp3) is 0.462. The highest BCUT2D eigenvalue weighted by Crippen LogP contribution is 2.05. The van der Waals surface area contributed by atoms with Gasteiger partial charge in [0.2, 0.25) is 5.91 Å². The monoisotopic (exact) mass is 278 g/mol.